The molecule has 0 spiro atoms. The first kappa shape index (κ1) is 25.7. The lowest BCUT2D eigenvalue weighted by atomic mass is 10.1. The second-order valence-electron chi connectivity index (χ2n) is 9.19. The lowest BCUT2D eigenvalue weighted by Gasteiger charge is -2.36. The van der Waals surface area contributed by atoms with E-state index in [1.807, 2.05) is 0 Å². The molecule has 0 saturated heterocycles. The molecule has 1 nitrogen and oxygen atoms in total. The van der Waals surface area contributed by atoms with E-state index in [1.54, 1.807) is 0 Å². The second kappa shape index (κ2) is 15.7. The molecule has 26 heavy (non-hydrogen) atoms. The Bertz CT molecular complexity index is 363. The number of unbranched alkanes of at least 4 members (excludes halogenated alkanes) is 9. The van der Waals surface area contributed by atoms with Crippen molar-refractivity contribution in [2.24, 2.45) is 0 Å². The van der Waals surface area contributed by atoms with Gasteiger partial charge in [0.2, 0.25) is 0 Å². The number of rotatable bonds is 16. The van der Waals surface area contributed by atoms with Crippen molar-refractivity contribution >= 4 is 8.32 Å². The Morgan fingerprint density at radius 3 is 1.73 bits per heavy atom. The molecule has 0 aromatic heterocycles. The maximum Gasteiger partial charge on any atom is 0.191 e. The zero-order valence-corrected chi connectivity index (χ0v) is 19.9. The van der Waals surface area contributed by atoms with Gasteiger partial charge in [-0.1, -0.05) is 90.5 Å². The van der Waals surface area contributed by atoms with Crippen LogP contribution < -0.4 is 0 Å². The molecule has 0 aliphatic carbocycles. The van der Waals surface area contributed by atoms with Crippen LogP contribution >= 0.6 is 0 Å². The quantitative estimate of drug-likeness (QED) is 0.148. The molecule has 0 aliphatic rings. The normalized spacial score (nSPS) is 13.3. The van der Waals surface area contributed by atoms with E-state index in [2.05, 4.69) is 65.1 Å². The van der Waals surface area contributed by atoms with Crippen LogP contribution in [0.4, 0.5) is 0 Å². The van der Waals surface area contributed by atoms with Crippen LogP contribution in [-0.4, -0.2) is 14.9 Å². The van der Waals surface area contributed by atoms with E-state index in [4.69, 9.17) is 4.43 Å². The molecule has 0 atom stereocenters. The van der Waals surface area contributed by atoms with Crippen LogP contribution in [0.1, 0.15) is 105 Å². The first-order valence-electron chi connectivity index (χ1n) is 11.2. The maximum atomic E-state index is 6.24. The molecule has 0 bridgehead atoms. The van der Waals surface area contributed by atoms with Crippen molar-refractivity contribution in [3.05, 3.63) is 24.3 Å². The largest absolute Gasteiger partial charge is 0.417 e. The van der Waals surface area contributed by atoms with E-state index >= 15 is 0 Å². The Kier molecular flexibility index (Phi) is 15.5. The van der Waals surface area contributed by atoms with Gasteiger partial charge in [-0.05, 0) is 56.7 Å². The summed E-state index contributed by atoms with van der Waals surface area (Å²) >= 11 is 0. The molecule has 0 saturated carbocycles. The van der Waals surface area contributed by atoms with E-state index < -0.39 is 8.32 Å². The summed E-state index contributed by atoms with van der Waals surface area (Å²) in [7, 11) is -1.53. The highest BCUT2D eigenvalue weighted by atomic mass is 28.4. The number of hydrogen-bond acceptors (Lipinski definition) is 1. The lowest BCUT2D eigenvalue weighted by molar-refractivity contribution is 0.277. The van der Waals surface area contributed by atoms with Crippen molar-refractivity contribution < 1.29 is 4.43 Å². The molecule has 0 aliphatic heterocycles. The van der Waals surface area contributed by atoms with Crippen molar-refractivity contribution in [3.8, 4) is 0 Å². The third-order valence-corrected chi connectivity index (χ3v) is 10.2. The van der Waals surface area contributed by atoms with Gasteiger partial charge < -0.3 is 4.43 Å². The van der Waals surface area contributed by atoms with Gasteiger partial charge in [-0.15, -0.1) is 0 Å². The average Bonchev–Trinajstić information content (AvgIpc) is 2.56. The number of allylic oxidation sites excluding steroid dienone is 4. The summed E-state index contributed by atoms with van der Waals surface area (Å²) in [6, 6.07) is 0. The van der Waals surface area contributed by atoms with Crippen LogP contribution in [0.5, 0.6) is 0 Å². The molecule has 0 aromatic rings. The topological polar surface area (TPSA) is 9.23 Å². The van der Waals surface area contributed by atoms with Crippen LogP contribution in [0.2, 0.25) is 18.1 Å². The fourth-order valence-electron chi connectivity index (χ4n) is 2.63. The van der Waals surface area contributed by atoms with Gasteiger partial charge in [0, 0.05) is 6.61 Å². The van der Waals surface area contributed by atoms with Crippen molar-refractivity contribution in [2.45, 2.75) is 123 Å². The smallest absolute Gasteiger partial charge is 0.191 e. The minimum Gasteiger partial charge on any atom is -0.417 e. The predicted octanol–water partition coefficient (Wildman–Crippen LogP) is 8.82. The van der Waals surface area contributed by atoms with Gasteiger partial charge in [-0.25, -0.2) is 0 Å². The molecule has 154 valence electrons. The Balaban J connectivity index is 3.38. The Morgan fingerprint density at radius 1 is 0.692 bits per heavy atom. The fraction of sp³-hybridized carbons (Fsp3) is 0.833. The molecule has 0 amide bonds. The Hall–Kier alpha value is -0.343. The maximum absolute atomic E-state index is 6.24. The zero-order chi connectivity index (χ0) is 19.7. The van der Waals surface area contributed by atoms with Crippen molar-refractivity contribution in [1.82, 2.24) is 0 Å². The minimum atomic E-state index is -1.53. The highest BCUT2D eigenvalue weighted by molar-refractivity contribution is 6.74. The molecule has 0 aromatic carbocycles. The summed E-state index contributed by atoms with van der Waals surface area (Å²) in [5, 5.41) is 0.339. The van der Waals surface area contributed by atoms with Gasteiger partial charge >= 0.3 is 0 Å². The van der Waals surface area contributed by atoms with E-state index in [9.17, 15) is 0 Å². The molecule has 0 radical (unpaired) electrons. The molecule has 0 unspecified atom stereocenters. The summed E-state index contributed by atoms with van der Waals surface area (Å²) in [5.74, 6) is 0. The van der Waals surface area contributed by atoms with E-state index in [0.717, 1.165) is 13.0 Å². The third kappa shape index (κ3) is 14.8. The molecule has 0 N–H and O–H groups in total. The van der Waals surface area contributed by atoms with Crippen LogP contribution in [0.25, 0.3) is 0 Å². The van der Waals surface area contributed by atoms with E-state index in [0.29, 0.717) is 5.04 Å². The third-order valence-electron chi connectivity index (χ3n) is 5.61. The SMILES string of the molecule is CCCCC/C=C/C/C=C/CCCCCCCCO[Si](C)(C)C(C)(C)C. The summed E-state index contributed by atoms with van der Waals surface area (Å²) in [6.45, 7) is 14.9. The molecule has 0 fully saturated rings. The predicted molar refractivity (Wildman–Crippen MR) is 123 cm³/mol. The van der Waals surface area contributed by atoms with Gasteiger partial charge in [0.25, 0.3) is 0 Å². The monoisotopic (exact) mass is 380 g/mol. The first-order valence-corrected chi connectivity index (χ1v) is 14.2. The molecule has 2 heteroatoms. The second-order valence-corrected chi connectivity index (χ2v) is 14.0. The lowest BCUT2D eigenvalue weighted by Crippen LogP contribution is -2.40. The van der Waals surface area contributed by atoms with Gasteiger partial charge in [0.15, 0.2) is 8.32 Å². The zero-order valence-electron chi connectivity index (χ0n) is 18.9. The Labute approximate surface area is 166 Å². The molecular formula is C24H48OSi. The fourth-order valence-corrected chi connectivity index (χ4v) is 3.72. The molecular weight excluding hydrogens is 332 g/mol. The summed E-state index contributed by atoms with van der Waals surface area (Å²) < 4.78 is 6.24. The van der Waals surface area contributed by atoms with Gasteiger partial charge in [-0.2, -0.15) is 0 Å². The van der Waals surface area contributed by atoms with Crippen molar-refractivity contribution in [1.29, 1.82) is 0 Å². The van der Waals surface area contributed by atoms with Gasteiger partial charge in [0.1, 0.15) is 0 Å². The van der Waals surface area contributed by atoms with Gasteiger partial charge in [0.05, 0.1) is 0 Å². The van der Waals surface area contributed by atoms with Crippen LogP contribution in [0.3, 0.4) is 0 Å². The number of hydrogen-bond donors (Lipinski definition) is 0. The standard InChI is InChI=1S/C24H48OSi/c1-7-8-9-10-11-12-13-14-15-16-17-18-19-20-21-22-23-25-26(5,6)24(2,3)4/h11-12,14-15H,7-10,13,16-23H2,1-6H3/b12-11+,15-14+. The first-order chi connectivity index (χ1) is 12.3. The van der Waals surface area contributed by atoms with E-state index in [-0.39, 0.29) is 0 Å². The Morgan fingerprint density at radius 2 is 1.19 bits per heavy atom. The van der Waals surface area contributed by atoms with Crippen molar-refractivity contribution in [3.63, 3.8) is 0 Å². The average molecular weight is 381 g/mol. The summed E-state index contributed by atoms with van der Waals surface area (Å²) in [4.78, 5) is 0. The highest BCUT2D eigenvalue weighted by Gasteiger charge is 2.36. The highest BCUT2D eigenvalue weighted by Crippen LogP contribution is 2.36. The molecule has 0 heterocycles. The van der Waals surface area contributed by atoms with Crippen LogP contribution in [0, 0.1) is 0 Å². The molecule has 0 rings (SSSR count). The minimum absolute atomic E-state index is 0.339. The summed E-state index contributed by atoms with van der Waals surface area (Å²) in [5.41, 5.74) is 0. The summed E-state index contributed by atoms with van der Waals surface area (Å²) in [6.07, 6.45) is 25.0. The van der Waals surface area contributed by atoms with Crippen molar-refractivity contribution in [2.75, 3.05) is 6.61 Å². The van der Waals surface area contributed by atoms with Crippen LogP contribution in [-0.2, 0) is 4.43 Å². The van der Waals surface area contributed by atoms with Crippen LogP contribution in [0.15, 0.2) is 24.3 Å². The van der Waals surface area contributed by atoms with Gasteiger partial charge in [-0.3, -0.25) is 0 Å². The van der Waals surface area contributed by atoms with E-state index in [1.165, 1.54) is 70.6 Å².